The normalized spacial score (nSPS) is 11.8. The third-order valence-electron chi connectivity index (χ3n) is 3.47. The van der Waals surface area contributed by atoms with Gasteiger partial charge in [-0.3, -0.25) is 9.59 Å². The molecule has 2 aromatic carbocycles. The molecule has 0 fully saturated rings. The van der Waals surface area contributed by atoms with E-state index in [1.54, 1.807) is 12.1 Å². The maximum absolute atomic E-state index is 12.1. The van der Waals surface area contributed by atoms with Crippen molar-refractivity contribution in [1.29, 1.82) is 0 Å². The highest BCUT2D eigenvalue weighted by Gasteiger charge is 2.10. The third-order valence-corrected chi connectivity index (χ3v) is 4.00. The molecule has 114 valence electrons. The average molecular weight is 360 g/mol. The van der Waals surface area contributed by atoms with Crippen molar-refractivity contribution in [2.75, 3.05) is 0 Å². The lowest BCUT2D eigenvalue weighted by Crippen LogP contribution is -2.28. The van der Waals surface area contributed by atoms with Crippen LogP contribution in [0.5, 0.6) is 0 Å². The topological polar surface area (TPSA) is 46.2 Å². The standard InChI is InChI=1S/C18H18BrNO2/c1-12(15-7-9-17(19)10-8-15)20-18(22)11-14-3-5-16(6-4-14)13(2)21/h3-10,12H,11H2,1-2H3,(H,20,22)/t12-/m0/s1. The van der Waals surface area contributed by atoms with Gasteiger partial charge >= 0.3 is 0 Å². The maximum atomic E-state index is 12.1. The molecule has 0 spiro atoms. The molecule has 1 N–H and O–H groups in total. The van der Waals surface area contributed by atoms with Crippen molar-refractivity contribution < 1.29 is 9.59 Å². The largest absolute Gasteiger partial charge is 0.349 e. The van der Waals surface area contributed by atoms with Crippen LogP contribution in [0.1, 0.15) is 41.4 Å². The summed E-state index contributed by atoms with van der Waals surface area (Å²) in [6.07, 6.45) is 0.305. The van der Waals surface area contributed by atoms with Crippen molar-refractivity contribution in [1.82, 2.24) is 5.32 Å². The summed E-state index contributed by atoms with van der Waals surface area (Å²) < 4.78 is 1.01. The van der Waals surface area contributed by atoms with Gasteiger partial charge in [0.05, 0.1) is 12.5 Å². The van der Waals surface area contributed by atoms with Crippen LogP contribution in [0, 0.1) is 0 Å². The molecule has 0 saturated heterocycles. The molecule has 1 amide bonds. The summed E-state index contributed by atoms with van der Waals surface area (Å²) in [5.41, 5.74) is 2.61. The molecule has 0 radical (unpaired) electrons. The highest BCUT2D eigenvalue weighted by atomic mass is 79.9. The predicted molar refractivity (Wildman–Crippen MR) is 90.9 cm³/mol. The number of amides is 1. The fourth-order valence-electron chi connectivity index (χ4n) is 2.17. The summed E-state index contributed by atoms with van der Waals surface area (Å²) in [5.74, 6) is -0.00847. The smallest absolute Gasteiger partial charge is 0.224 e. The molecule has 2 aromatic rings. The first-order chi connectivity index (χ1) is 10.5. The van der Waals surface area contributed by atoms with Crippen LogP contribution < -0.4 is 5.32 Å². The molecule has 0 aromatic heterocycles. The maximum Gasteiger partial charge on any atom is 0.224 e. The van der Waals surface area contributed by atoms with E-state index in [4.69, 9.17) is 0 Å². The van der Waals surface area contributed by atoms with Crippen LogP contribution in [-0.2, 0) is 11.2 Å². The van der Waals surface area contributed by atoms with Crippen molar-refractivity contribution in [3.8, 4) is 0 Å². The van der Waals surface area contributed by atoms with Gasteiger partial charge in [0.15, 0.2) is 5.78 Å². The minimum Gasteiger partial charge on any atom is -0.349 e. The minimum absolute atomic E-state index is 0.0277. The number of benzene rings is 2. The zero-order valence-corrected chi connectivity index (χ0v) is 14.2. The van der Waals surface area contributed by atoms with Crippen molar-refractivity contribution in [2.24, 2.45) is 0 Å². The van der Waals surface area contributed by atoms with E-state index in [-0.39, 0.29) is 17.7 Å². The Morgan fingerprint density at radius 3 is 2.18 bits per heavy atom. The predicted octanol–water partition coefficient (Wildman–Crippen LogP) is 4.07. The number of nitrogens with one attached hydrogen (secondary N) is 1. The van der Waals surface area contributed by atoms with Crippen LogP contribution >= 0.6 is 15.9 Å². The first-order valence-corrected chi connectivity index (χ1v) is 7.89. The van der Waals surface area contributed by atoms with E-state index in [9.17, 15) is 9.59 Å². The highest BCUT2D eigenvalue weighted by Crippen LogP contribution is 2.16. The van der Waals surface area contributed by atoms with E-state index in [0.717, 1.165) is 15.6 Å². The summed E-state index contributed by atoms with van der Waals surface area (Å²) in [7, 11) is 0. The number of hydrogen-bond acceptors (Lipinski definition) is 2. The molecule has 0 unspecified atom stereocenters. The lowest BCUT2D eigenvalue weighted by molar-refractivity contribution is -0.121. The number of carbonyl (C=O) groups excluding carboxylic acids is 2. The number of hydrogen-bond donors (Lipinski definition) is 1. The SMILES string of the molecule is CC(=O)c1ccc(CC(=O)N[C@@H](C)c2ccc(Br)cc2)cc1. The van der Waals surface area contributed by atoms with Crippen LogP contribution in [0.4, 0.5) is 0 Å². The van der Waals surface area contributed by atoms with Crippen molar-refractivity contribution in [2.45, 2.75) is 26.3 Å². The Labute approximate surface area is 138 Å². The quantitative estimate of drug-likeness (QED) is 0.817. The van der Waals surface area contributed by atoms with E-state index in [2.05, 4.69) is 21.2 Å². The Morgan fingerprint density at radius 2 is 1.64 bits per heavy atom. The number of carbonyl (C=O) groups is 2. The lowest BCUT2D eigenvalue weighted by Gasteiger charge is -2.14. The molecule has 2 rings (SSSR count). The molecular formula is C18H18BrNO2. The second kappa shape index (κ2) is 7.36. The van der Waals surface area contributed by atoms with Gasteiger partial charge in [-0.15, -0.1) is 0 Å². The Morgan fingerprint density at radius 1 is 1.05 bits per heavy atom. The Kier molecular flexibility index (Phi) is 5.50. The van der Waals surface area contributed by atoms with Crippen LogP contribution in [0.15, 0.2) is 53.0 Å². The zero-order valence-electron chi connectivity index (χ0n) is 12.6. The van der Waals surface area contributed by atoms with Crippen LogP contribution in [0.2, 0.25) is 0 Å². The van der Waals surface area contributed by atoms with Gasteiger partial charge in [-0.25, -0.2) is 0 Å². The zero-order chi connectivity index (χ0) is 16.1. The Hall–Kier alpha value is -1.94. The van der Waals surface area contributed by atoms with Gasteiger partial charge < -0.3 is 5.32 Å². The van der Waals surface area contributed by atoms with Gasteiger partial charge in [-0.1, -0.05) is 52.3 Å². The Bertz CT molecular complexity index is 662. The molecule has 0 aliphatic carbocycles. The fourth-order valence-corrected chi connectivity index (χ4v) is 2.43. The number of Topliss-reactive ketones (excluding diaryl/α,β-unsaturated/α-hetero) is 1. The van der Waals surface area contributed by atoms with Gasteiger partial charge in [0.25, 0.3) is 0 Å². The molecule has 0 saturated carbocycles. The van der Waals surface area contributed by atoms with E-state index in [0.29, 0.717) is 12.0 Å². The monoisotopic (exact) mass is 359 g/mol. The van der Waals surface area contributed by atoms with E-state index in [1.807, 2.05) is 43.3 Å². The summed E-state index contributed by atoms with van der Waals surface area (Å²) in [6, 6.07) is 15.0. The van der Waals surface area contributed by atoms with E-state index < -0.39 is 0 Å². The van der Waals surface area contributed by atoms with Crippen molar-refractivity contribution in [3.63, 3.8) is 0 Å². The summed E-state index contributed by atoms with van der Waals surface area (Å²) in [4.78, 5) is 23.3. The second-order valence-corrected chi connectivity index (χ2v) is 6.19. The van der Waals surface area contributed by atoms with Crippen LogP contribution in [0.3, 0.4) is 0 Å². The number of rotatable bonds is 5. The minimum atomic E-state index is -0.0444. The first kappa shape index (κ1) is 16.4. The van der Waals surface area contributed by atoms with Crippen LogP contribution in [-0.4, -0.2) is 11.7 Å². The fraction of sp³-hybridized carbons (Fsp3) is 0.222. The molecule has 22 heavy (non-hydrogen) atoms. The number of halogens is 1. The molecule has 0 aliphatic rings. The lowest BCUT2D eigenvalue weighted by atomic mass is 10.1. The van der Waals surface area contributed by atoms with Gasteiger partial charge in [0.1, 0.15) is 0 Å². The summed E-state index contributed by atoms with van der Waals surface area (Å²) >= 11 is 3.39. The summed E-state index contributed by atoms with van der Waals surface area (Å²) in [6.45, 7) is 3.49. The first-order valence-electron chi connectivity index (χ1n) is 7.10. The number of ketones is 1. The molecule has 4 heteroatoms. The van der Waals surface area contributed by atoms with Gasteiger partial charge in [-0.05, 0) is 37.1 Å². The van der Waals surface area contributed by atoms with E-state index >= 15 is 0 Å². The summed E-state index contributed by atoms with van der Waals surface area (Å²) in [5, 5.41) is 2.98. The highest BCUT2D eigenvalue weighted by molar-refractivity contribution is 9.10. The molecule has 0 aliphatic heterocycles. The van der Waals surface area contributed by atoms with Gasteiger partial charge in [0.2, 0.25) is 5.91 Å². The average Bonchev–Trinajstić information content (AvgIpc) is 2.48. The molecule has 0 bridgehead atoms. The third kappa shape index (κ3) is 4.53. The molecule has 0 heterocycles. The van der Waals surface area contributed by atoms with Crippen LogP contribution in [0.25, 0.3) is 0 Å². The molecule has 1 atom stereocenters. The van der Waals surface area contributed by atoms with Crippen molar-refractivity contribution >= 4 is 27.6 Å². The van der Waals surface area contributed by atoms with Gasteiger partial charge in [0, 0.05) is 10.0 Å². The second-order valence-electron chi connectivity index (χ2n) is 5.27. The molecular weight excluding hydrogens is 342 g/mol. The van der Waals surface area contributed by atoms with E-state index in [1.165, 1.54) is 6.92 Å². The van der Waals surface area contributed by atoms with Gasteiger partial charge in [-0.2, -0.15) is 0 Å². The van der Waals surface area contributed by atoms with Crippen molar-refractivity contribution in [3.05, 3.63) is 69.7 Å². The molecule has 3 nitrogen and oxygen atoms in total. The Balaban J connectivity index is 1.94.